The molecule has 1 atom stereocenters. The molecule has 0 unspecified atom stereocenters. The second-order valence-corrected chi connectivity index (χ2v) is 7.01. The summed E-state index contributed by atoms with van der Waals surface area (Å²) in [4.78, 5) is 18.7. The van der Waals surface area contributed by atoms with Gasteiger partial charge in [-0.05, 0) is 40.2 Å². The number of fused-ring (bicyclic) bond motifs is 1. The first-order valence-corrected chi connectivity index (χ1v) is 9.01. The average Bonchev–Trinajstić information content (AvgIpc) is 3.24. The zero-order valence-corrected chi connectivity index (χ0v) is 15.0. The number of aromatic nitrogens is 3. The lowest BCUT2D eigenvalue weighted by Crippen LogP contribution is -2.31. The maximum Gasteiger partial charge on any atom is 0.254 e. The first-order valence-electron chi connectivity index (χ1n) is 7.49. The number of pyridine rings is 1. The predicted octanol–water partition coefficient (Wildman–Crippen LogP) is 3.14. The fourth-order valence-corrected chi connectivity index (χ4v) is 3.46. The van der Waals surface area contributed by atoms with Crippen molar-refractivity contribution >= 4 is 44.6 Å². The number of ether oxygens (including phenoxy) is 1. The van der Waals surface area contributed by atoms with Crippen LogP contribution in [0, 0.1) is 0 Å². The van der Waals surface area contributed by atoms with Gasteiger partial charge in [0.05, 0.1) is 18.3 Å². The molecule has 1 aliphatic rings. The van der Waals surface area contributed by atoms with Gasteiger partial charge >= 0.3 is 0 Å². The van der Waals surface area contributed by atoms with Gasteiger partial charge in [0.15, 0.2) is 0 Å². The minimum absolute atomic E-state index is 0.000217. The second-order valence-electron chi connectivity index (χ2n) is 5.56. The number of likely N-dealkylation sites (tertiary alicyclic amines) is 1. The maximum atomic E-state index is 12.7. The van der Waals surface area contributed by atoms with E-state index in [2.05, 4.69) is 29.7 Å². The molecule has 0 aliphatic carbocycles. The van der Waals surface area contributed by atoms with Gasteiger partial charge in [-0.1, -0.05) is 0 Å². The van der Waals surface area contributed by atoms with Crippen LogP contribution in [0.25, 0.3) is 11.0 Å². The summed E-state index contributed by atoms with van der Waals surface area (Å²) in [5.41, 5.74) is 2.22. The molecule has 0 saturated carbocycles. The maximum absolute atomic E-state index is 12.7. The van der Waals surface area contributed by atoms with E-state index in [0.29, 0.717) is 24.5 Å². The Kier molecular flexibility index (Phi) is 4.15. The Morgan fingerprint density at radius 2 is 2.12 bits per heavy atom. The molecule has 0 bridgehead atoms. The minimum atomic E-state index is -0.0349. The molecule has 122 valence electrons. The molecule has 3 heterocycles. The molecule has 1 amide bonds. The highest BCUT2D eigenvalue weighted by Gasteiger charge is 2.28. The number of hydrogen-bond donors (Lipinski definition) is 0. The van der Waals surface area contributed by atoms with Gasteiger partial charge in [0.1, 0.15) is 17.1 Å². The van der Waals surface area contributed by atoms with Crippen molar-refractivity contribution in [3.05, 3.63) is 46.6 Å². The summed E-state index contributed by atoms with van der Waals surface area (Å²) >= 11 is 4.50. The van der Waals surface area contributed by atoms with Gasteiger partial charge in [0.2, 0.25) is 5.88 Å². The van der Waals surface area contributed by atoms with Crippen molar-refractivity contribution in [1.82, 2.24) is 18.6 Å². The number of hydrogen-bond acceptors (Lipinski definition) is 6. The number of carbonyl (C=O) groups is 1. The van der Waals surface area contributed by atoms with E-state index in [-0.39, 0.29) is 12.0 Å². The molecule has 3 aromatic rings. The van der Waals surface area contributed by atoms with Crippen LogP contribution in [0.15, 0.2) is 41.0 Å². The summed E-state index contributed by atoms with van der Waals surface area (Å²) in [6.45, 7) is 1.23. The SMILES string of the molecule is O=C(c1ccc2nsnc2c1)N1CC[C@@H](Oc2ccc(Br)cn2)C1. The van der Waals surface area contributed by atoms with Crippen LogP contribution in [0.4, 0.5) is 0 Å². The summed E-state index contributed by atoms with van der Waals surface area (Å²) in [6.07, 6.45) is 2.46. The van der Waals surface area contributed by atoms with E-state index in [4.69, 9.17) is 4.74 Å². The van der Waals surface area contributed by atoms with Gasteiger partial charge in [-0.2, -0.15) is 8.75 Å². The zero-order valence-electron chi connectivity index (χ0n) is 12.6. The molecule has 0 radical (unpaired) electrons. The third-order valence-corrected chi connectivity index (χ3v) is 4.95. The average molecular weight is 405 g/mol. The summed E-state index contributed by atoms with van der Waals surface area (Å²) in [5.74, 6) is 0.576. The van der Waals surface area contributed by atoms with E-state index >= 15 is 0 Å². The number of halogens is 1. The smallest absolute Gasteiger partial charge is 0.254 e. The van der Waals surface area contributed by atoms with E-state index in [0.717, 1.165) is 33.7 Å². The standard InChI is InChI=1S/C16H13BrN4O2S/c17-11-2-4-15(18-8-11)23-12-5-6-21(9-12)16(22)10-1-3-13-14(7-10)20-24-19-13/h1-4,7-8,12H,5-6,9H2/t12-/m1/s1. The van der Waals surface area contributed by atoms with Gasteiger partial charge < -0.3 is 9.64 Å². The van der Waals surface area contributed by atoms with E-state index in [1.165, 1.54) is 0 Å². The lowest BCUT2D eigenvalue weighted by atomic mass is 10.2. The van der Waals surface area contributed by atoms with Crippen LogP contribution >= 0.6 is 27.7 Å². The molecule has 1 aromatic carbocycles. The zero-order chi connectivity index (χ0) is 16.5. The number of rotatable bonds is 3. The van der Waals surface area contributed by atoms with Gasteiger partial charge in [-0.3, -0.25) is 4.79 Å². The van der Waals surface area contributed by atoms with Crippen LogP contribution < -0.4 is 4.74 Å². The van der Waals surface area contributed by atoms with Crippen LogP contribution in [0.2, 0.25) is 0 Å². The number of nitrogens with zero attached hydrogens (tertiary/aromatic N) is 4. The van der Waals surface area contributed by atoms with Crippen LogP contribution in [0.1, 0.15) is 16.8 Å². The van der Waals surface area contributed by atoms with E-state index in [1.807, 2.05) is 23.1 Å². The van der Waals surface area contributed by atoms with Crippen LogP contribution in [0.3, 0.4) is 0 Å². The molecule has 24 heavy (non-hydrogen) atoms. The first kappa shape index (κ1) is 15.5. The molecular weight excluding hydrogens is 392 g/mol. The molecule has 8 heteroatoms. The van der Waals surface area contributed by atoms with Crippen molar-refractivity contribution in [3.63, 3.8) is 0 Å². The fraction of sp³-hybridized carbons (Fsp3) is 0.250. The van der Waals surface area contributed by atoms with Crippen LogP contribution in [0.5, 0.6) is 5.88 Å². The summed E-state index contributed by atoms with van der Waals surface area (Å²) in [5, 5.41) is 0. The number of benzene rings is 1. The van der Waals surface area contributed by atoms with E-state index in [1.54, 1.807) is 18.3 Å². The Labute approximate surface area is 150 Å². The van der Waals surface area contributed by atoms with E-state index < -0.39 is 0 Å². The topological polar surface area (TPSA) is 68.2 Å². The van der Waals surface area contributed by atoms with Crippen LogP contribution in [-0.4, -0.2) is 43.7 Å². The number of carbonyl (C=O) groups excluding carboxylic acids is 1. The van der Waals surface area contributed by atoms with Crippen molar-refractivity contribution in [2.45, 2.75) is 12.5 Å². The van der Waals surface area contributed by atoms with Gasteiger partial charge in [0, 0.05) is 35.3 Å². The second kappa shape index (κ2) is 6.45. The normalized spacial score (nSPS) is 17.4. The van der Waals surface area contributed by atoms with Gasteiger partial charge in [-0.15, -0.1) is 0 Å². The Morgan fingerprint density at radius 1 is 1.25 bits per heavy atom. The highest BCUT2D eigenvalue weighted by molar-refractivity contribution is 9.10. The Balaban J connectivity index is 1.43. The molecular formula is C16H13BrN4O2S. The quantitative estimate of drug-likeness (QED) is 0.670. The lowest BCUT2D eigenvalue weighted by molar-refractivity contribution is 0.0771. The molecule has 0 N–H and O–H groups in total. The number of amides is 1. The third-order valence-electron chi connectivity index (χ3n) is 3.92. The molecule has 0 spiro atoms. The van der Waals surface area contributed by atoms with Crippen molar-refractivity contribution in [1.29, 1.82) is 0 Å². The van der Waals surface area contributed by atoms with Crippen molar-refractivity contribution < 1.29 is 9.53 Å². The highest BCUT2D eigenvalue weighted by Crippen LogP contribution is 2.21. The van der Waals surface area contributed by atoms with E-state index in [9.17, 15) is 4.79 Å². The minimum Gasteiger partial charge on any atom is -0.472 e. The van der Waals surface area contributed by atoms with Crippen molar-refractivity contribution in [2.24, 2.45) is 0 Å². The Morgan fingerprint density at radius 3 is 2.96 bits per heavy atom. The van der Waals surface area contributed by atoms with Gasteiger partial charge in [-0.25, -0.2) is 4.98 Å². The molecule has 4 rings (SSSR count). The largest absolute Gasteiger partial charge is 0.472 e. The molecule has 1 fully saturated rings. The molecule has 1 aliphatic heterocycles. The van der Waals surface area contributed by atoms with Crippen molar-refractivity contribution in [2.75, 3.05) is 13.1 Å². The monoisotopic (exact) mass is 404 g/mol. The Hall–Kier alpha value is -2.06. The first-order chi connectivity index (χ1) is 11.7. The fourth-order valence-electron chi connectivity index (χ4n) is 2.71. The summed E-state index contributed by atoms with van der Waals surface area (Å²) in [7, 11) is 0. The lowest BCUT2D eigenvalue weighted by Gasteiger charge is -2.17. The van der Waals surface area contributed by atoms with Crippen LogP contribution in [-0.2, 0) is 0 Å². The molecule has 6 nitrogen and oxygen atoms in total. The summed E-state index contributed by atoms with van der Waals surface area (Å²) in [6, 6.07) is 9.14. The Bertz CT molecular complexity index is 883. The van der Waals surface area contributed by atoms with Gasteiger partial charge in [0.25, 0.3) is 5.91 Å². The predicted molar refractivity (Wildman–Crippen MR) is 94.3 cm³/mol. The molecule has 1 saturated heterocycles. The van der Waals surface area contributed by atoms with Crippen molar-refractivity contribution in [3.8, 4) is 5.88 Å². The molecule has 2 aromatic heterocycles. The summed E-state index contributed by atoms with van der Waals surface area (Å²) < 4.78 is 15.1. The third kappa shape index (κ3) is 3.11. The highest BCUT2D eigenvalue weighted by atomic mass is 79.9.